The van der Waals surface area contributed by atoms with Crippen molar-refractivity contribution in [3.63, 3.8) is 0 Å². The van der Waals surface area contributed by atoms with Gasteiger partial charge in [0.2, 0.25) is 11.7 Å². The van der Waals surface area contributed by atoms with Crippen molar-refractivity contribution in [1.82, 2.24) is 35.0 Å². The van der Waals surface area contributed by atoms with Crippen LogP contribution in [0.3, 0.4) is 0 Å². The number of pyridine rings is 1. The number of benzene rings is 1. The van der Waals surface area contributed by atoms with E-state index in [1.807, 2.05) is 29.2 Å². The summed E-state index contributed by atoms with van der Waals surface area (Å²) in [5.74, 6) is 0.482. The van der Waals surface area contributed by atoms with E-state index < -0.39 is 0 Å². The minimum atomic E-state index is 0.00335. The van der Waals surface area contributed by atoms with Crippen LogP contribution in [-0.4, -0.2) is 67.1 Å². The van der Waals surface area contributed by atoms with Gasteiger partial charge in [-0.3, -0.25) is 14.7 Å². The molecule has 3 heterocycles. The Hall–Kier alpha value is -2.84. The maximum absolute atomic E-state index is 12.6. The average Bonchev–Trinajstić information content (AvgIpc) is 3.18. The normalized spacial score (nSPS) is 15.0. The first-order valence-corrected chi connectivity index (χ1v) is 9.48. The Kier molecular flexibility index (Phi) is 5.59. The van der Waals surface area contributed by atoms with Gasteiger partial charge in [0.25, 0.3) is 0 Å². The Morgan fingerprint density at radius 2 is 1.71 bits per heavy atom. The Bertz CT molecular complexity index is 921. The largest absolute Gasteiger partial charge is 0.338 e. The zero-order valence-electron chi connectivity index (χ0n) is 15.3. The molecule has 0 saturated carbocycles. The van der Waals surface area contributed by atoms with Crippen LogP contribution in [0.5, 0.6) is 0 Å². The lowest BCUT2D eigenvalue weighted by atomic mass is 10.2. The monoisotopic (exact) mass is 397 g/mol. The fraction of sp³-hybridized carbons (Fsp3) is 0.316. The molecule has 2 aromatic heterocycles. The molecule has 0 atom stereocenters. The summed E-state index contributed by atoms with van der Waals surface area (Å²) in [6, 6.07) is 11.2. The Labute approximate surface area is 167 Å². The van der Waals surface area contributed by atoms with E-state index in [0.29, 0.717) is 23.9 Å². The van der Waals surface area contributed by atoms with Crippen molar-refractivity contribution in [1.29, 1.82) is 0 Å². The van der Waals surface area contributed by atoms with Gasteiger partial charge in [-0.2, -0.15) is 4.80 Å². The lowest BCUT2D eigenvalue weighted by Gasteiger charge is -2.34. The van der Waals surface area contributed by atoms with Gasteiger partial charge in [-0.1, -0.05) is 11.6 Å². The zero-order valence-corrected chi connectivity index (χ0v) is 16.0. The Morgan fingerprint density at radius 1 is 1.00 bits per heavy atom. The minimum Gasteiger partial charge on any atom is -0.338 e. The van der Waals surface area contributed by atoms with Gasteiger partial charge in [-0.25, -0.2) is 0 Å². The molecule has 1 saturated heterocycles. The summed E-state index contributed by atoms with van der Waals surface area (Å²) in [4.78, 5) is 22.2. The van der Waals surface area contributed by atoms with Crippen molar-refractivity contribution < 1.29 is 4.79 Å². The molecule has 28 heavy (non-hydrogen) atoms. The number of amides is 1. The number of hydrogen-bond donors (Lipinski definition) is 0. The molecule has 1 amide bonds. The fourth-order valence-electron chi connectivity index (χ4n) is 3.15. The van der Waals surface area contributed by atoms with Gasteiger partial charge in [-0.05, 0) is 47.2 Å². The molecule has 0 aliphatic carbocycles. The highest BCUT2D eigenvalue weighted by Crippen LogP contribution is 2.17. The van der Waals surface area contributed by atoms with E-state index in [1.54, 1.807) is 24.5 Å². The highest BCUT2D eigenvalue weighted by molar-refractivity contribution is 6.30. The summed E-state index contributed by atoms with van der Waals surface area (Å²) in [6.45, 7) is 4.04. The number of carbonyl (C=O) groups excluding carboxylic acids is 1. The zero-order chi connectivity index (χ0) is 19.3. The van der Waals surface area contributed by atoms with Crippen LogP contribution in [0, 0.1) is 0 Å². The van der Waals surface area contributed by atoms with Crippen LogP contribution in [0.4, 0.5) is 0 Å². The molecule has 1 fully saturated rings. The Balaban J connectivity index is 1.29. The lowest BCUT2D eigenvalue weighted by molar-refractivity contribution is -0.134. The number of aromatic nitrogens is 5. The molecule has 0 radical (unpaired) electrons. The molecule has 9 heteroatoms. The van der Waals surface area contributed by atoms with Crippen LogP contribution in [0.15, 0.2) is 48.8 Å². The van der Waals surface area contributed by atoms with Crippen molar-refractivity contribution in [2.45, 2.75) is 13.1 Å². The molecule has 0 N–H and O–H groups in total. The van der Waals surface area contributed by atoms with Gasteiger partial charge in [0.15, 0.2) is 0 Å². The number of hydrogen-bond acceptors (Lipinski definition) is 6. The summed E-state index contributed by atoms with van der Waals surface area (Å²) in [5, 5.41) is 13.0. The number of halogens is 1. The average molecular weight is 398 g/mol. The Morgan fingerprint density at radius 3 is 2.43 bits per heavy atom. The molecule has 1 aliphatic rings. The van der Waals surface area contributed by atoms with Crippen molar-refractivity contribution in [2.75, 3.05) is 26.2 Å². The first kappa shape index (κ1) is 18.5. The summed E-state index contributed by atoms with van der Waals surface area (Å²) >= 11 is 5.90. The molecule has 1 aromatic carbocycles. The van der Waals surface area contributed by atoms with Gasteiger partial charge in [0.1, 0.15) is 6.54 Å². The van der Waals surface area contributed by atoms with Gasteiger partial charge >= 0.3 is 0 Å². The van der Waals surface area contributed by atoms with E-state index in [4.69, 9.17) is 11.6 Å². The third kappa shape index (κ3) is 4.52. The van der Waals surface area contributed by atoms with Crippen LogP contribution in [0.25, 0.3) is 11.4 Å². The molecule has 3 aromatic rings. The number of tetrazole rings is 1. The predicted octanol–water partition coefficient (Wildman–Crippen LogP) is 1.73. The van der Waals surface area contributed by atoms with E-state index in [1.165, 1.54) is 10.4 Å². The quantitative estimate of drug-likeness (QED) is 0.652. The highest BCUT2D eigenvalue weighted by atomic mass is 35.5. The lowest BCUT2D eigenvalue weighted by Crippen LogP contribution is -2.49. The van der Waals surface area contributed by atoms with Gasteiger partial charge in [0.05, 0.1) is 0 Å². The smallest absolute Gasteiger partial charge is 0.246 e. The molecule has 0 unspecified atom stereocenters. The molecule has 8 nitrogen and oxygen atoms in total. The van der Waals surface area contributed by atoms with E-state index in [0.717, 1.165) is 25.2 Å². The van der Waals surface area contributed by atoms with Gasteiger partial charge in [0, 0.05) is 55.7 Å². The third-order valence-corrected chi connectivity index (χ3v) is 4.96. The maximum Gasteiger partial charge on any atom is 0.246 e. The van der Waals surface area contributed by atoms with Crippen LogP contribution >= 0.6 is 11.6 Å². The topological polar surface area (TPSA) is 80.0 Å². The van der Waals surface area contributed by atoms with Crippen molar-refractivity contribution >= 4 is 17.5 Å². The number of nitrogens with zero attached hydrogens (tertiary/aromatic N) is 7. The second-order valence-corrected chi connectivity index (χ2v) is 7.10. The molecule has 0 bridgehead atoms. The first-order chi connectivity index (χ1) is 13.7. The van der Waals surface area contributed by atoms with E-state index in [-0.39, 0.29) is 12.5 Å². The standard InChI is InChI=1S/C19H20ClN7O/c20-17-3-1-16(2-4-17)19-22-24-27(23-19)14-18(28)26-11-9-25(10-12-26)13-15-5-7-21-8-6-15/h1-8H,9-14H2. The molecule has 0 spiro atoms. The highest BCUT2D eigenvalue weighted by Gasteiger charge is 2.22. The van der Waals surface area contributed by atoms with Gasteiger partial charge in [-0.15, -0.1) is 10.2 Å². The molecule has 4 rings (SSSR count). The summed E-state index contributed by atoms with van der Waals surface area (Å²) in [5.41, 5.74) is 2.05. The number of carbonyl (C=O) groups is 1. The van der Waals surface area contributed by atoms with Crippen LogP contribution in [0.1, 0.15) is 5.56 Å². The van der Waals surface area contributed by atoms with Crippen LogP contribution in [-0.2, 0) is 17.9 Å². The van der Waals surface area contributed by atoms with Crippen LogP contribution in [0.2, 0.25) is 5.02 Å². The van der Waals surface area contributed by atoms with Gasteiger partial charge < -0.3 is 4.90 Å². The second-order valence-electron chi connectivity index (χ2n) is 6.66. The minimum absolute atomic E-state index is 0.00335. The van der Waals surface area contributed by atoms with E-state index >= 15 is 0 Å². The first-order valence-electron chi connectivity index (χ1n) is 9.10. The SMILES string of the molecule is O=C(Cn1nnc(-c2ccc(Cl)cc2)n1)N1CCN(Cc2ccncc2)CC1. The summed E-state index contributed by atoms with van der Waals surface area (Å²) in [6.07, 6.45) is 3.61. The van der Waals surface area contributed by atoms with Crippen molar-refractivity contribution in [3.05, 3.63) is 59.4 Å². The maximum atomic E-state index is 12.6. The third-order valence-electron chi connectivity index (χ3n) is 4.71. The summed E-state index contributed by atoms with van der Waals surface area (Å²) < 4.78 is 0. The summed E-state index contributed by atoms with van der Waals surface area (Å²) in [7, 11) is 0. The molecule has 1 aliphatic heterocycles. The number of piperazine rings is 1. The number of rotatable bonds is 5. The molecular weight excluding hydrogens is 378 g/mol. The fourth-order valence-corrected chi connectivity index (χ4v) is 3.27. The molecule has 144 valence electrons. The van der Waals surface area contributed by atoms with E-state index in [9.17, 15) is 4.79 Å². The van der Waals surface area contributed by atoms with Crippen LogP contribution < -0.4 is 0 Å². The second kappa shape index (κ2) is 8.45. The van der Waals surface area contributed by atoms with E-state index in [2.05, 4.69) is 25.3 Å². The molecular formula is C19H20ClN7O. The predicted molar refractivity (Wildman–Crippen MR) is 104 cm³/mol. The van der Waals surface area contributed by atoms with Crippen molar-refractivity contribution in [3.8, 4) is 11.4 Å². The van der Waals surface area contributed by atoms with Crippen molar-refractivity contribution in [2.24, 2.45) is 0 Å².